The van der Waals surface area contributed by atoms with Crippen molar-refractivity contribution in [2.75, 3.05) is 0 Å². The van der Waals surface area contributed by atoms with Crippen molar-refractivity contribution in [1.29, 1.82) is 0 Å². The van der Waals surface area contributed by atoms with Crippen molar-refractivity contribution in [3.8, 4) is 0 Å². The summed E-state index contributed by atoms with van der Waals surface area (Å²) in [6.07, 6.45) is 16.3. The van der Waals surface area contributed by atoms with Gasteiger partial charge < -0.3 is 0 Å². The largest absolute Gasteiger partial charge is 0.294 e. The highest BCUT2D eigenvalue weighted by Crippen LogP contribution is 2.25. The summed E-state index contributed by atoms with van der Waals surface area (Å²) < 4.78 is 24.1. The molecule has 0 rings (SSSR count). The van der Waals surface area contributed by atoms with E-state index < -0.39 is 11.3 Å². The van der Waals surface area contributed by atoms with Gasteiger partial charge in [0.15, 0.2) is 0 Å². The van der Waals surface area contributed by atoms with Gasteiger partial charge in [0.05, 0.1) is 0 Å². The molecule has 0 fully saturated rings. The van der Waals surface area contributed by atoms with E-state index >= 15 is 0 Å². The maximum atomic E-state index is 12.1. The second-order valence-corrected chi connectivity index (χ2v) is 8.06. The van der Waals surface area contributed by atoms with Gasteiger partial charge in [-0.3, -0.25) is 4.55 Å². The van der Waals surface area contributed by atoms with E-state index in [1.807, 2.05) is 4.31 Å². The first-order valence-electron chi connectivity index (χ1n) is 10.5. The molecule has 4 heteroatoms. The summed E-state index contributed by atoms with van der Waals surface area (Å²) >= 11 is -1.85. The van der Waals surface area contributed by atoms with Crippen molar-refractivity contribution in [2.45, 2.75) is 130 Å². The lowest BCUT2D eigenvalue weighted by Gasteiger charge is -2.35. The molecular formula is C20H43NO2S. The van der Waals surface area contributed by atoms with Crippen molar-refractivity contribution < 1.29 is 8.76 Å². The van der Waals surface area contributed by atoms with E-state index in [0.717, 1.165) is 38.5 Å². The van der Waals surface area contributed by atoms with Crippen LogP contribution in [0.5, 0.6) is 0 Å². The van der Waals surface area contributed by atoms with Crippen LogP contribution in [0.3, 0.4) is 0 Å². The molecule has 3 atom stereocenters. The Kier molecular flexibility index (Phi) is 16.6. The Morgan fingerprint density at radius 3 is 1.38 bits per heavy atom. The van der Waals surface area contributed by atoms with Crippen molar-refractivity contribution in [2.24, 2.45) is 0 Å². The van der Waals surface area contributed by atoms with Crippen molar-refractivity contribution in [3.05, 3.63) is 0 Å². The molecule has 0 amide bonds. The minimum absolute atomic E-state index is 0.264. The van der Waals surface area contributed by atoms with Crippen LogP contribution in [0.2, 0.25) is 0 Å². The van der Waals surface area contributed by atoms with E-state index in [0.29, 0.717) is 0 Å². The second kappa shape index (κ2) is 16.5. The van der Waals surface area contributed by atoms with Gasteiger partial charge in [0.1, 0.15) is 0 Å². The molecule has 3 nitrogen and oxygen atoms in total. The fourth-order valence-electron chi connectivity index (χ4n) is 3.63. The Bertz CT molecular complexity index is 277. The quantitative estimate of drug-likeness (QED) is 0.231. The van der Waals surface area contributed by atoms with E-state index in [1.165, 1.54) is 51.4 Å². The average Bonchev–Trinajstić information content (AvgIpc) is 2.55. The van der Waals surface area contributed by atoms with E-state index in [1.54, 1.807) is 0 Å². The highest BCUT2D eigenvalue weighted by molar-refractivity contribution is 7.76. The van der Waals surface area contributed by atoms with Crippen LogP contribution < -0.4 is 0 Å². The Balaban J connectivity index is 4.84. The molecule has 0 aromatic rings. The van der Waals surface area contributed by atoms with Crippen LogP contribution in [0.4, 0.5) is 0 Å². The molecule has 146 valence electrons. The number of nitrogens with zero attached hydrogens (tertiary/aromatic N) is 1. The molecule has 0 aliphatic heterocycles. The lowest BCUT2D eigenvalue weighted by atomic mass is 9.98. The highest BCUT2D eigenvalue weighted by atomic mass is 32.2. The minimum Gasteiger partial charge on any atom is -0.294 e. The maximum Gasteiger partial charge on any atom is 0.235 e. The fourth-order valence-corrected chi connectivity index (χ4v) is 4.56. The monoisotopic (exact) mass is 361 g/mol. The molecule has 0 heterocycles. The minimum atomic E-state index is -1.85. The van der Waals surface area contributed by atoms with Crippen LogP contribution in [0, 0.1) is 0 Å². The zero-order valence-corrected chi connectivity index (χ0v) is 17.6. The SMILES string of the molecule is CCCCCCC(CCC)N(C(CCC)CCCCCC)S(=O)O. The second-order valence-electron chi connectivity index (χ2n) is 7.17. The molecule has 24 heavy (non-hydrogen) atoms. The van der Waals surface area contributed by atoms with E-state index in [-0.39, 0.29) is 12.1 Å². The molecule has 0 bridgehead atoms. The third-order valence-corrected chi connectivity index (χ3v) is 5.88. The predicted molar refractivity (Wildman–Crippen MR) is 108 cm³/mol. The summed E-state index contributed by atoms with van der Waals surface area (Å²) in [5.41, 5.74) is 0. The van der Waals surface area contributed by atoms with Crippen LogP contribution in [-0.4, -0.2) is 25.2 Å². The third kappa shape index (κ3) is 10.8. The zero-order chi connectivity index (χ0) is 18.2. The summed E-state index contributed by atoms with van der Waals surface area (Å²) in [7, 11) is 0. The summed E-state index contributed by atoms with van der Waals surface area (Å²) in [6, 6.07) is 0.529. The Morgan fingerprint density at radius 2 is 1.08 bits per heavy atom. The van der Waals surface area contributed by atoms with Crippen molar-refractivity contribution in [3.63, 3.8) is 0 Å². The van der Waals surface area contributed by atoms with Gasteiger partial charge in [-0.2, -0.15) is 4.31 Å². The van der Waals surface area contributed by atoms with Crippen LogP contribution in [0.1, 0.15) is 118 Å². The first-order chi connectivity index (χ1) is 11.6. The predicted octanol–water partition coefficient (Wildman–Crippen LogP) is 6.70. The summed E-state index contributed by atoms with van der Waals surface area (Å²) in [5.74, 6) is 0. The summed E-state index contributed by atoms with van der Waals surface area (Å²) in [5, 5.41) is 0. The van der Waals surface area contributed by atoms with Gasteiger partial charge in [0.2, 0.25) is 11.3 Å². The average molecular weight is 362 g/mol. The van der Waals surface area contributed by atoms with Gasteiger partial charge in [-0.25, -0.2) is 4.21 Å². The van der Waals surface area contributed by atoms with Gasteiger partial charge in [-0.05, 0) is 25.7 Å². The van der Waals surface area contributed by atoms with Crippen LogP contribution in [0.25, 0.3) is 0 Å². The van der Waals surface area contributed by atoms with Gasteiger partial charge in [0, 0.05) is 12.1 Å². The molecule has 0 saturated carbocycles. The Morgan fingerprint density at radius 1 is 0.667 bits per heavy atom. The Labute approximate surface area is 154 Å². The van der Waals surface area contributed by atoms with E-state index in [9.17, 15) is 8.76 Å². The lowest BCUT2D eigenvalue weighted by Crippen LogP contribution is -2.44. The number of unbranched alkanes of at least 4 members (excludes halogenated alkanes) is 6. The standard InChI is InChI=1S/C20H43NO2S/c1-5-9-11-13-17-19(15-7-3)21(24(22)23)20(16-8-4)18-14-12-10-6-2/h19-20H,5-18H2,1-4H3,(H,22,23). The molecule has 0 aliphatic carbocycles. The molecule has 1 N–H and O–H groups in total. The highest BCUT2D eigenvalue weighted by Gasteiger charge is 2.29. The lowest BCUT2D eigenvalue weighted by molar-refractivity contribution is 0.196. The Hall–Kier alpha value is 0.0700. The van der Waals surface area contributed by atoms with Crippen LogP contribution in [-0.2, 0) is 11.3 Å². The number of hydrogen-bond acceptors (Lipinski definition) is 1. The summed E-state index contributed by atoms with van der Waals surface area (Å²) in [6.45, 7) is 8.83. The van der Waals surface area contributed by atoms with Crippen molar-refractivity contribution >= 4 is 11.3 Å². The molecule has 0 aromatic carbocycles. The molecule has 3 unspecified atom stereocenters. The first-order valence-corrected chi connectivity index (χ1v) is 11.6. The zero-order valence-electron chi connectivity index (χ0n) is 16.8. The number of hydrogen-bond donors (Lipinski definition) is 1. The normalized spacial score (nSPS) is 15.6. The van der Waals surface area contributed by atoms with E-state index in [2.05, 4.69) is 27.7 Å². The first kappa shape index (κ1) is 24.1. The third-order valence-electron chi connectivity index (χ3n) is 4.93. The smallest absolute Gasteiger partial charge is 0.235 e. The number of rotatable bonds is 17. The topological polar surface area (TPSA) is 40.5 Å². The van der Waals surface area contributed by atoms with Gasteiger partial charge in [-0.1, -0.05) is 91.9 Å². The molecule has 0 radical (unpaired) electrons. The van der Waals surface area contributed by atoms with Crippen LogP contribution >= 0.6 is 0 Å². The fraction of sp³-hybridized carbons (Fsp3) is 1.00. The maximum absolute atomic E-state index is 12.1. The van der Waals surface area contributed by atoms with Gasteiger partial charge >= 0.3 is 0 Å². The molecule has 0 saturated heterocycles. The molecule has 0 spiro atoms. The van der Waals surface area contributed by atoms with Crippen molar-refractivity contribution in [1.82, 2.24) is 4.31 Å². The molecule has 0 aromatic heterocycles. The molecule has 0 aliphatic rings. The van der Waals surface area contributed by atoms with Crippen LogP contribution in [0.15, 0.2) is 0 Å². The van der Waals surface area contributed by atoms with Gasteiger partial charge in [0.25, 0.3) is 0 Å². The van der Waals surface area contributed by atoms with Gasteiger partial charge in [-0.15, -0.1) is 0 Å². The van der Waals surface area contributed by atoms with E-state index in [4.69, 9.17) is 0 Å². The summed E-state index contributed by atoms with van der Waals surface area (Å²) in [4.78, 5) is 0. The molecular weight excluding hydrogens is 318 g/mol.